The Hall–Kier alpha value is -2.29. The topological polar surface area (TPSA) is 131 Å². The summed E-state index contributed by atoms with van der Waals surface area (Å²) in [5.74, 6) is -0.520. The van der Waals surface area contributed by atoms with Crippen LogP contribution >= 0.6 is 7.82 Å². The summed E-state index contributed by atoms with van der Waals surface area (Å²) in [6.07, 6.45) is 66.0. The molecule has 0 aromatic heterocycles. The lowest BCUT2D eigenvalue weighted by Crippen LogP contribution is -2.27. The van der Waals surface area contributed by atoms with Gasteiger partial charge >= 0.3 is 13.8 Å². The minimum atomic E-state index is -4.43. The van der Waals surface area contributed by atoms with Gasteiger partial charge in [-0.25, -0.2) is 4.57 Å². The highest BCUT2D eigenvalue weighted by atomic mass is 31.2. The number of nitrogens with one attached hydrogen (secondary N) is 1. The van der Waals surface area contributed by atoms with Gasteiger partial charge in [-0.1, -0.05) is 248 Å². The summed E-state index contributed by atoms with van der Waals surface area (Å²) in [7, 11) is -4.43. The van der Waals surface area contributed by atoms with Crippen molar-refractivity contribution in [3.8, 4) is 0 Å². The fraction of sp³-hybridized carbons (Fsp3) is 0.789. The lowest BCUT2D eigenvalue weighted by atomic mass is 10.0. The molecule has 2 unspecified atom stereocenters. The van der Waals surface area contributed by atoms with Crippen LogP contribution in [0.1, 0.15) is 258 Å². The molecule has 0 spiro atoms. The molecule has 0 saturated heterocycles. The number of carbonyl (C=O) groups is 2. The van der Waals surface area contributed by atoms with Crippen LogP contribution in [0.2, 0.25) is 0 Å². The minimum absolute atomic E-state index is 0.0814. The van der Waals surface area contributed by atoms with Crippen molar-refractivity contribution in [2.24, 2.45) is 0 Å². The molecule has 0 aliphatic rings. The van der Waals surface area contributed by atoms with Crippen LogP contribution in [-0.4, -0.2) is 54.3 Å². The van der Waals surface area contributed by atoms with Crippen LogP contribution in [-0.2, 0) is 27.9 Å². The van der Waals surface area contributed by atoms with E-state index in [2.05, 4.69) is 79.9 Å². The molecule has 0 aliphatic carbocycles. The SMILES string of the molecule is CC/C=C\C/C=C\C/C=C\C/C=C\C/C=C\CCCCCCCCCC(=O)OCC(O)COP(=O)(O)OCCNC(=O)CCCCCCCCCCCCCCCCCCCCCCCCC. The van der Waals surface area contributed by atoms with Gasteiger partial charge in [-0.2, -0.15) is 0 Å². The lowest BCUT2D eigenvalue weighted by Gasteiger charge is -2.15. The largest absolute Gasteiger partial charge is 0.472 e. The zero-order chi connectivity index (χ0) is 48.8. The van der Waals surface area contributed by atoms with Crippen LogP contribution < -0.4 is 5.32 Å². The van der Waals surface area contributed by atoms with Crippen LogP contribution in [0.25, 0.3) is 0 Å². The van der Waals surface area contributed by atoms with Gasteiger partial charge in [0, 0.05) is 19.4 Å². The maximum Gasteiger partial charge on any atom is 0.472 e. The molecule has 0 rings (SSSR count). The third kappa shape index (κ3) is 54.5. The molecule has 0 fully saturated rings. The molecule has 2 atom stereocenters. The van der Waals surface area contributed by atoms with Crippen molar-refractivity contribution < 1.29 is 37.9 Å². The second-order valence-electron chi connectivity index (χ2n) is 18.5. The van der Waals surface area contributed by atoms with Gasteiger partial charge in [-0.3, -0.25) is 18.6 Å². The molecule has 3 N–H and O–H groups in total. The molecule has 10 heteroatoms. The van der Waals surface area contributed by atoms with Gasteiger partial charge in [-0.05, 0) is 57.8 Å². The number of unbranched alkanes of at least 4 members (excludes halogenated alkanes) is 29. The molecule has 0 saturated carbocycles. The third-order valence-corrected chi connectivity index (χ3v) is 12.9. The predicted molar refractivity (Wildman–Crippen MR) is 284 cm³/mol. The van der Waals surface area contributed by atoms with Crippen molar-refractivity contribution in [1.29, 1.82) is 0 Å². The zero-order valence-corrected chi connectivity index (χ0v) is 44.2. The standard InChI is InChI=1S/C57H104NO8P/c1-3-5-7-9-11-13-15-17-19-21-23-25-27-29-31-33-35-37-39-41-43-45-47-49-56(60)58-51-52-65-67(62,63)66-54-55(59)53-64-57(61)50-48-46-44-42-40-38-36-34-32-30-28-26-24-22-20-18-16-14-12-10-8-6-4-2/h6,8,12,14,18,20,24,26,30,32,55,59H,3-5,7,9-11,13,15-17,19,21-23,25,27-29,31,33-54H2,1-2H3,(H,58,60)(H,62,63)/b8-6-,14-12-,20-18-,26-24-,32-30-. The molecule has 0 aromatic rings. The smallest absolute Gasteiger partial charge is 0.463 e. The number of esters is 1. The summed E-state index contributed by atoms with van der Waals surface area (Å²) in [6.45, 7) is 3.47. The zero-order valence-electron chi connectivity index (χ0n) is 43.3. The van der Waals surface area contributed by atoms with E-state index >= 15 is 0 Å². The van der Waals surface area contributed by atoms with Gasteiger partial charge < -0.3 is 20.1 Å². The Bertz CT molecular complexity index is 1280. The molecular weight excluding hydrogens is 858 g/mol. The maximum atomic E-state index is 12.2. The first kappa shape index (κ1) is 64.7. The van der Waals surface area contributed by atoms with Gasteiger partial charge in [0.2, 0.25) is 5.91 Å². The highest BCUT2D eigenvalue weighted by Gasteiger charge is 2.23. The number of aliphatic hydroxyl groups is 1. The van der Waals surface area contributed by atoms with Gasteiger partial charge in [0.1, 0.15) is 12.7 Å². The van der Waals surface area contributed by atoms with Gasteiger partial charge in [0.05, 0.1) is 13.2 Å². The summed E-state index contributed by atoms with van der Waals surface area (Å²) < 4.78 is 27.0. The summed E-state index contributed by atoms with van der Waals surface area (Å²) in [6, 6.07) is 0. The first-order chi connectivity index (χ1) is 32.8. The normalized spacial score (nSPS) is 13.6. The van der Waals surface area contributed by atoms with E-state index < -0.39 is 26.5 Å². The molecular formula is C57H104NO8P. The molecule has 9 nitrogen and oxygen atoms in total. The van der Waals surface area contributed by atoms with Crippen LogP contribution in [0, 0.1) is 0 Å². The molecule has 390 valence electrons. The first-order valence-electron chi connectivity index (χ1n) is 27.8. The highest BCUT2D eigenvalue weighted by Crippen LogP contribution is 2.42. The second kappa shape index (κ2) is 53.1. The molecule has 67 heavy (non-hydrogen) atoms. The maximum absolute atomic E-state index is 12.2. The van der Waals surface area contributed by atoms with E-state index in [-0.39, 0.29) is 32.1 Å². The van der Waals surface area contributed by atoms with Crippen molar-refractivity contribution in [3.63, 3.8) is 0 Å². The first-order valence-corrected chi connectivity index (χ1v) is 29.3. The van der Waals surface area contributed by atoms with Gasteiger partial charge in [0.15, 0.2) is 0 Å². The summed E-state index contributed by atoms with van der Waals surface area (Å²) in [5, 5.41) is 12.8. The molecule has 0 aliphatic heterocycles. The van der Waals surface area contributed by atoms with Crippen molar-refractivity contribution in [3.05, 3.63) is 60.8 Å². The molecule has 1 amide bonds. The average Bonchev–Trinajstić information content (AvgIpc) is 3.32. The number of hydrogen-bond donors (Lipinski definition) is 3. The van der Waals surface area contributed by atoms with Crippen molar-refractivity contribution in [1.82, 2.24) is 5.32 Å². The molecule has 0 radical (unpaired) electrons. The van der Waals surface area contributed by atoms with E-state index in [0.717, 1.165) is 83.5 Å². The Kier molecular flexibility index (Phi) is 51.3. The predicted octanol–water partition coefficient (Wildman–Crippen LogP) is 16.8. The van der Waals surface area contributed by atoms with Gasteiger partial charge in [-0.15, -0.1) is 0 Å². The number of aliphatic hydroxyl groups excluding tert-OH is 1. The molecule has 0 bridgehead atoms. The number of allylic oxidation sites excluding steroid dienone is 10. The number of amides is 1. The molecule has 0 aromatic carbocycles. The van der Waals surface area contributed by atoms with Gasteiger partial charge in [0.25, 0.3) is 0 Å². The fourth-order valence-corrected chi connectivity index (χ4v) is 8.58. The van der Waals surface area contributed by atoms with E-state index in [1.54, 1.807) is 0 Å². The van der Waals surface area contributed by atoms with Crippen LogP contribution in [0.5, 0.6) is 0 Å². The second-order valence-corrected chi connectivity index (χ2v) is 20.0. The minimum Gasteiger partial charge on any atom is -0.463 e. The van der Waals surface area contributed by atoms with E-state index in [9.17, 15) is 24.2 Å². The van der Waals surface area contributed by atoms with Crippen LogP contribution in [0.15, 0.2) is 60.8 Å². The number of phosphoric ester groups is 1. The Labute approximate surface area is 412 Å². The number of phosphoric acid groups is 1. The highest BCUT2D eigenvalue weighted by molar-refractivity contribution is 7.47. The van der Waals surface area contributed by atoms with Crippen LogP contribution in [0.4, 0.5) is 0 Å². The number of carbonyl (C=O) groups excluding carboxylic acids is 2. The van der Waals surface area contributed by atoms with Crippen molar-refractivity contribution in [2.45, 2.75) is 264 Å². The van der Waals surface area contributed by atoms with E-state index in [1.165, 1.54) is 148 Å². The van der Waals surface area contributed by atoms with E-state index in [4.69, 9.17) is 13.8 Å². The molecule has 0 heterocycles. The Morgan fingerprint density at radius 2 is 0.851 bits per heavy atom. The number of ether oxygens (including phenoxy) is 1. The van der Waals surface area contributed by atoms with Crippen molar-refractivity contribution in [2.75, 3.05) is 26.4 Å². The van der Waals surface area contributed by atoms with E-state index in [1.807, 2.05) is 0 Å². The fourth-order valence-electron chi connectivity index (χ4n) is 7.82. The Morgan fingerprint density at radius 1 is 0.478 bits per heavy atom. The summed E-state index contributed by atoms with van der Waals surface area (Å²) >= 11 is 0. The van der Waals surface area contributed by atoms with E-state index in [0.29, 0.717) is 6.42 Å². The lowest BCUT2D eigenvalue weighted by molar-refractivity contribution is -0.147. The summed E-state index contributed by atoms with van der Waals surface area (Å²) in [5.41, 5.74) is 0. The Balaban J connectivity index is 3.55. The number of hydrogen-bond acceptors (Lipinski definition) is 7. The Morgan fingerprint density at radius 3 is 1.28 bits per heavy atom. The average molecular weight is 962 g/mol. The third-order valence-electron chi connectivity index (χ3n) is 12.0. The monoisotopic (exact) mass is 962 g/mol. The number of rotatable bonds is 52. The van der Waals surface area contributed by atoms with Crippen molar-refractivity contribution >= 4 is 19.7 Å². The summed E-state index contributed by atoms with van der Waals surface area (Å²) in [4.78, 5) is 34.2. The quantitative estimate of drug-likeness (QED) is 0.0238. The van der Waals surface area contributed by atoms with Crippen LogP contribution in [0.3, 0.4) is 0 Å².